The number of aromatic nitrogens is 6. The first-order chi connectivity index (χ1) is 16.1. The Morgan fingerprint density at radius 2 is 2.03 bits per heavy atom. The van der Waals surface area contributed by atoms with Crippen molar-refractivity contribution in [1.29, 1.82) is 0 Å². The van der Waals surface area contributed by atoms with Gasteiger partial charge in [0, 0.05) is 36.9 Å². The molecule has 1 aliphatic heterocycles. The molecule has 1 fully saturated rings. The predicted octanol–water partition coefficient (Wildman–Crippen LogP) is 3.07. The maximum Gasteiger partial charge on any atom is 0.404 e. The molecule has 5 heterocycles. The zero-order valence-electron chi connectivity index (χ0n) is 18.2. The Bertz CT molecular complexity index is 1300. The molecular weight excluding hydrogens is 420 g/mol. The van der Waals surface area contributed by atoms with Gasteiger partial charge in [0.2, 0.25) is 0 Å². The van der Waals surface area contributed by atoms with E-state index in [1.54, 1.807) is 29.5 Å². The van der Waals surface area contributed by atoms with E-state index in [4.69, 9.17) is 10.1 Å². The molecular formula is C23H24N8O2. The number of pyridine rings is 2. The molecule has 33 heavy (non-hydrogen) atoms. The van der Waals surface area contributed by atoms with Crippen molar-refractivity contribution in [1.82, 2.24) is 35.0 Å². The molecule has 5 rings (SSSR count). The lowest BCUT2D eigenvalue weighted by atomic mass is 10.1. The second-order valence-electron chi connectivity index (χ2n) is 8.02. The molecule has 0 radical (unpaired) electrons. The Kier molecular flexibility index (Phi) is 5.55. The summed E-state index contributed by atoms with van der Waals surface area (Å²) < 4.78 is 1.79. The molecule has 10 nitrogen and oxygen atoms in total. The number of hydrogen-bond donors (Lipinski definition) is 2. The zero-order chi connectivity index (χ0) is 22.8. The Balaban J connectivity index is 1.47. The summed E-state index contributed by atoms with van der Waals surface area (Å²) in [6.07, 6.45) is 8.55. The fraction of sp³-hybridized carbons (Fsp3) is 0.304. The van der Waals surface area contributed by atoms with Crippen molar-refractivity contribution in [2.45, 2.75) is 32.2 Å². The van der Waals surface area contributed by atoms with Crippen molar-refractivity contribution in [3.63, 3.8) is 0 Å². The van der Waals surface area contributed by atoms with Gasteiger partial charge in [-0.2, -0.15) is 5.10 Å². The van der Waals surface area contributed by atoms with E-state index in [9.17, 15) is 4.79 Å². The van der Waals surface area contributed by atoms with Crippen molar-refractivity contribution >= 4 is 22.8 Å². The first-order valence-electron chi connectivity index (χ1n) is 11.0. The number of carboxylic acid groups (broad SMARTS) is 1. The fourth-order valence-electron chi connectivity index (χ4n) is 4.13. The van der Waals surface area contributed by atoms with Crippen molar-refractivity contribution in [2.24, 2.45) is 0 Å². The number of nitrogens with one attached hydrogen (secondary N) is 1. The molecule has 0 spiro atoms. The monoisotopic (exact) mass is 444 g/mol. The van der Waals surface area contributed by atoms with Gasteiger partial charge in [-0.3, -0.25) is 9.97 Å². The summed E-state index contributed by atoms with van der Waals surface area (Å²) in [7, 11) is 0. The summed E-state index contributed by atoms with van der Waals surface area (Å²) in [5.41, 5.74) is 3.23. The van der Waals surface area contributed by atoms with Gasteiger partial charge < -0.3 is 15.3 Å². The molecule has 1 atom stereocenters. The standard InChI is InChI=1S/C23H24N8O2/c1-2-16-12-24-13-19(27-16)18-9-20-15(10-25-18)11-26-31(20)22-7-3-6-21(29-22)30-8-4-5-17(14-30)28-23(32)33/h3,6-7,9-13,17,28H,2,4-5,8,14H2,1H3,(H,32,33). The molecule has 1 unspecified atom stereocenters. The molecule has 1 saturated heterocycles. The van der Waals surface area contributed by atoms with Crippen LogP contribution in [0, 0.1) is 0 Å². The summed E-state index contributed by atoms with van der Waals surface area (Å²) in [5, 5.41) is 17.1. The van der Waals surface area contributed by atoms with Gasteiger partial charge in [0.15, 0.2) is 5.82 Å². The number of aryl methyl sites for hydroxylation is 1. The van der Waals surface area contributed by atoms with Crippen LogP contribution in [0.2, 0.25) is 0 Å². The Morgan fingerprint density at radius 1 is 1.15 bits per heavy atom. The van der Waals surface area contributed by atoms with Crippen LogP contribution in [0.3, 0.4) is 0 Å². The van der Waals surface area contributed by atoms with Crippen LogP contribution in [0.15, 0.2) is 49.1 Å². The van der Waals surface area contributed by atoms with E-state index in [0.29, 0.717) is 12.4 Å². The van der Waals surface area contributed by atoms with Crippen LogP contribution >= 0.6 is 0 Å². The number of piperidine rings is 1. The summed E-state index contributed by atoms with van der Waals surface area (Å²) in [5.74, 6) is 1.48. The quantitative estimate of drug-likeness (QED) is 0.482. The van der Waals surface area contributed by atoms with E-state index in [1.165, 1.54) is 0 Å². The van der Waals surface area contributed by atoms with Gasteiger partial charge in [0.05, 0.1) is 29.3 Å². The van der Waals surface area contributed by atoms with E-state index >= 15 is 0 Å². The lowest BCUT2D eigenvalue weighted by Crippen LogP contribution is -2.47. The summed E-state index contributed by atoms with van der Waals surface area (Å²) in [4.78, 5) is 31.4. The highest BCUT2D eigenvalue weighted by atomic mass is 16.4. The maximum atomic E-state index is 11.0. The second kappa shape index (κ2) is 8.81. The van der Waals surface area contributed by atoms with Gasteiger partial charge in [0.25, 0.3) is 0 Å². The number of nitrogens with zero attached hydrogens (tertiary/aromatic N) is 7. The van der Waals surface area contributed by atoms with Gasteiger partial charge in [-0.05, 0) is 37.5 Å². The Labute approximate surface area is 190 Å². The second-order valence-corrected chi connectivity index (χ2v) is 8.02. The molecule has 1 amide bonds. The van der Waals surface area contributed by atoms with Crippen LogP contribution in [0.4, 0.5) is 10.6 Å². The van der Waals surface area contributed by atoms with Crippen LogP contribution in [0.5, 0.6) is 0 Å². The normalized spacial score (nSPS) is 16.2. The van der Waals surface area contributed by atoms with Gasteiger partial charge in [-0.25, -0.2) is 19.4 Å². The Morgan fingerprint density at radius 3 is 2.88 bits per heavy atom. The number of carbonyl (C=O) groups is 1. The first-order valence-corrected chi connectivity index (χ1v) is 11.0. The highest BCUT2D eigenvalue weighted by molar-refractivity contribution is 5.82. The number of hydrogen-bond acceptors (Lipinski definition) is 7. The highest BCUT2D eigenvalue weighted by Gasteiger charge is 2.22. The molecule has 0 bridgehead atoms. The molecule has 0 aromatic carbocycles. The molecule has 4 aromatic heterocycles. The van der Waals surface area contributed by atoms with E-state index in [0.717, 1.165) is 59.6 Å². The lowest BCUT2D eigenvalue weighted by Gasteiger charge is -2.33. The van der Waals surface area contributed by atoms with Crippen LogP contribution in [0.25, 0.3) is 28.1 Å². The third kappa shape index (κ3) is 4.32. The average molecular weight is 444 g/mol. The van der Waals surface area contributed by atoms with Gasteiger partial charge in [0.1, 0.15) is 11.5 Å². The molecule has 10 heteroatoms. The molecule has 4 aromatic rings. The van der Waals surface area contributed by atoms with Crippen molar-refractivity contribution in [3.05, 3.63) is 54.7 Å². The molecule has 1 aliphatic rings. The largest absolute Gasteiger partial charge is 0.465 e. The van der Waals surface area contributed by atoms with E-state index in [2.05, 4.69) is 30.3 Å². The number of amides is 1. The topological polar surface area (TPSA) is 122 Å². The number of rotatable bonds is 5. The van der Waals surface area contributed by atoms with Crippen molar-refractivity contribution in [3.8, 4) is 17.2 Å². The van der Waals surface area contributed by atoms with E-state index in [1.807, 2.05) is 31.2 Å². The fourth-order valence-corrected chi connectivity index (χ4v) is 4.13. The van der Waals surface area contributed by atoms with E-state index < -0.39 is 6.09 Å². The summed E-state index contributed by atoms with van der Waals surface area (Å²) in [6, 6.07) is 7.63. The summed E-state index contributed by atoms with van der Waals surface area (Å²) in [6.45, 7) is 3.46. The average Bonchev–Trinajstić information content (AvgIpc) is 3.27. The van der Waals surface area contributed by atoms with Crippen molar-refractivity contribution < 1.29 is 9.90 Å². The SMILES string of the molecule is CCc1cncc(-c2cc3c(cn2)cnn3-c2cccc(N3CCCC(NC(=O)O)C3)n2)n1. The van der Waals surface area contributed by atoms with Gasteiger partial charge >= 0.3 is 6.09 Å². The summed E-state index contributed by atoms with van der Waals surface area (Å²) >= 11 is 0. The van der Waals surface area contributed by atoms with Crippen molar-refractivity contribution in [2.75, 3.05) is 18.0 Å². The minimum absolute atomic E-state index is 0.110. The zero-order valence-corrected chi connectivity index (χ0v) is 18.2. The maximum absolute atomic E-state index is 11.0. The molecule has 2 N–H and O–H groups in total. The minimum atomic E-state index is -0.995. The predicted molar refractivity (Wildman–Crippen MR) is 123 cm³/mol. The van der Waals surface area contributed by atoms with Crippen LogP contribution in [0.1, 0.15) is 25.5 Å². The van der Waals surface area contributed by atoms with Gasteiger partial charge in [-0.1, -0.05) is 13.0 Å². The van der Waals surface area contributed by atoms with E-state index in [-0.39, 0.29) is 6.04 Å². The minimum Gasteiger partial charge on any atom is -0.465 e. The first kappa shape index (κ1) is 20.8. The third-order valence-electron chi connectivity index (χ3n) is 5.77. The molecule has 168 valence electrons. The van der Waals surface area contributed by atoms with Crippen LogP contribution in [-0.2, 0) is 6.42 Å². The smallest absolute Gasteiger partial charge is 0.404 e. The van der Waals surface area contributed by atoms with Crippen LogP contribution < -0.4 is 10.2 Å². The number of fused-ring (bicyclic) bond motifs is 1. The number of anilines is 1. The highest BCUT2D eigenvalue weighted by Crippen LogP contribution is 2.24. The molecule has 0 aliphatic carbocycles. The third-order valence-corrected chi connectivity index (χ3v) is 5.77. The Hall–Kier alpha value is -4.08. The molecule has 0 saturated carbocycles. The van der Waals surface area contributed by atoms with Gasteiger partial charge in [-0.15, -0.1) is 0 Å². The lowest BCUT2D eigenvalue weighted by molar-refractivity contribution is 0.188. The van der Waals surface area contributed by atoms with Crippen LogP contribution in [-0.4, -0.2) is 60.0 Å².